The van der Waals surface area contributed by atoms with E-state index in [-0.39, 0.29) is 6.61 Å². The summed E-state index contributed by atoms with van der Waals surface area (Å²) in [5.41, 5.74) is 0.484. The molecule has 0 saturated carbocycles. The summed E-state index contributed by atoms with van der Waals surface area (Å²) in [4.78, 5) is 3.78. The van der Waals surface area contributed by atoms with E-state index in [1.165, 1.54) is 6.07 Å². The van der Waals surface area contributed by atoms with Gasteiger partial charge in [0.25, 0.3) is 0 Å². The highest BCUT2D eigenvalue weighted by Gasteiger charge is 1.96. The Morgan fingerprint density at radius 3 is 2.60 bits per heavy atom. The zero-order valence-electron chi connectivity index (χ0n) is 5.01. The van der Waals surface area contributed by atoms with Crippen LogP contribution in [-0.4, -0.2) is 10.1 Å². The molecule has 0 unspecified atom stereocenters. The fourth-order valence-corrected chi connectivity index (χ4v) is 1.11. The van der Waals surface area contributed by atoms with Crippen molar-refractivity contribution in [3.8, 4) is 0 Å². The smallest absolute Gasteiger partial charge is 0.130 e. The van der Waals surface area contributed by atoms with E-state index in [0.717, 1.165) is 0 Å². The molecule has 1 heterocycles. The van der Waals surface area contributed by atoms with Gasteiger partial charge in [-0.05, 0) is 12.1 Å². The van der Waals surface area contributed by atoms with Gasteiger partial charge in [-0.25, -0.2) is 4.98 Å². The van der Waals surface area contributed by atoms with E-state index in [2.05, 4.69) is 4.98 Å². The molecule has 1 aromatic heterocycles. The van der Waals surface area contributed by atoms with Crippen molar-refractivity contribution in [3.63, 3.8) is 0 Å². The second-order valence-corrected chi connectivity index (χ2v) is 2.58. The van der Waals surface area contributed by atoms with Crippen LogP contribution in [0.4, 0.5) is 0 Å². The number of aliphatic hydroxyl groups excluding tert-OH is 1. The first-order valence-corrected chi connectivity index (χ1v) is 3.41. The van der Waals surface area contributed by atoms with E-state index in [0.29, 0.717) is 15.9 Å². The Morgan fingerprint density at radius 2 is 2.10 bits per heavy atom. The molecule has 4 heteroatoms. The summed E-state index contributed by atoms with van der Waals surface area (Å²) in [5, 5.41) is 9.40. The minimum atomic E-state index is -0.139. The number of nitrogens with zero attached hydrogens (tertiary/aromatic N) is 1. The maximum absolute atomic E-state index is 8.61. The number of hydrogen-bond donors (Lipinski definition) is 1. The van der Waals surface area contributed by atoms with Gasteiger partial charge in [-0.2, -0.15) is 0 Å². The van der Waals surface area contributed by atoms with Crippen LogP contribution >= 0.6 is 23.2 Å². The zero-order chi connectivity index (χ0) is 7.56. The molecule has 0 fully saturated rings. The largest absolute Gasteiger partial charge is 0.390 e. The van der Waals surface area contributed by atoms with E-state index in [4.69, 9.17) is 28.3 Å². The van der Waals surface area contributed by atoms with E-state index in [1.807, 2.05) is 0 Å². The third kappa shape index (κ3) is 1.84. The highest BCUT2D eigenvalue weighted by Crippen LogP contribution is 2.14. The number of rotatable bonds is 1. The highest BCUT2D eigenvalue weighted by molar-refractivity contribution is 6.33. The van der Waals surface area contributed by atoms with Crippen LogP contribution in [0.25, 0.3) is 0 Å². The topological polar surface area (TPSA) is 33.1 Å². The Bertz CT molecular complexity index is 219. The highest BCUT2D eigenvalue weighted by atomic mass is 35.5. The normalized spacial score (nSPS) is 9.90. The van der Waals surface area contributed by atoms with Crippen molar-refractivity contribution in [2.75, 3.05) is 0 Å². The molecule has 1 rings (SSSR count). The molecule has 0 radical (unpaired) electrons. The van der Waals surface area contributed by atoms with Crippen LogP contribution in [0.15, 0.2) is 12.1 Å². The van der Waals surface area contributed by atoms with Gasteiger partial charge in [0, 0.05) is 5.02 Å². The number of halogens is 2. The Hall–Kier alpha value is -0.310. The minimum Gasteiger partial charge on any atom is -0.390 e. The van der Waals surface area contributed by atoms with Crippen molar-refractivity contribution >= 4 is 23.2 Å². The van der Waals surface area contributed by atoms with Crippen LogP contribution in [0.2, 0.25) is 10.2 Å². The first kappa shape index (κ1) is 7.79. The van der Waals surface area contributed by atoms with Crippen molar-refractivity contribution in [2.24, 2.45) is 0 Å². The maximum atomic E-state index is 8.61. The quantitative estimate of drug-likeness (QED) is 0.666. The SMILES string of the molecule is OCc1cc(Cl)cc(Cl)n1. The summed E-state index contributed by atoms with van der Waals surface area (Å²) in [5.74, 6) is 0. The fraction of sp³-hybridized carbons (Fsp3) is 0.167. The molecule has 1 N–H and O–H groups in total. The van der Waals surface area contributed by atoms with Gasteiger partial charge in [0.05, 0.1) is 12.3 Å². The van der Waals surface area contributed by atoms with Crippen molar-refractivity contribution in [1.29, 1.82) is 0 Å². The Balaban J connectivity index is 3.06. The molecule has 0 aliphatic rings. The van der Waals surface area contributed by atoms with E-state index in [9.17, 15) is 0 Å². The molecule has 2 nitrogen and oxygen atoms in total. The fourth-order valence-electron chi connectivity index (χ4n) is 0.597. The lowest BCUT2D eigenvalue weighted by Gasteiger charge is -1.95. The average Bonchev–Trinajstić information content (AvgIpc) is 1.85. The number of pyridine rings is 1. The summed E-state index contributed by atoms with van der Waals surface area (Å²) < 4.78 is 0. The van der Waals surface area contributed by atoms with E-state index >= 15 is 0 Å². The third-order valence-electron chi connectivity index (χ3n) is 0.974. The zero-order valence-corrected chi connectivity index (χ0v) is 6.52. The van der Waals surface area contributed by atoms with Gasteiger partial charge in [-0.1, -0.05) is 23.2 Å². The lowest BCUT2D eigenvalue weighted by molar-refractivity contribution is 0.277. The van der Waals surface area contributed by atoms with Gasteiger partial charge in [0.1, 0.15) is 5.15 Å². The lowest BCUT2D eigenvalue weighted by atomic mass is 10.4. The van der Waals surface area contributed by atoms with Gasteiger partial charge >= 0.3 is 0 Å². The molecular formula is C6H5Cl2NO. The van der Waals surface area contributed by atoms with E-state index in [1.54, 1.807) is 6.07 Å². The van der Waals surface area contributed by atoms with E-state index < -0.39 is 0 Å². The molecule has 1 aromatic rings. The van der Waals surface area contributed by atoms with Crippen LogP contribution < -0.4 is 0 Å². The van der Waals surface area contributed by atoms with Crippen LogP contribution in [0.1, 0.15) is 5.69 Å². The molecule has 0 aliphatic heterocycles. The first-order valence-electron chi connectivity index (χ1n) is 2.65. The second kappa shape index (κ2) is 3.19. The van der Waals surface area contributed by atoms with Crippen LogP contribution in [0, 0.1) is 0 Å². The van der Waals surface area contributed by atoms with Crippen molar-refractivity contribution in [3.05, 3.63) is 28.0 Å². The van der Waals surface area contributed by atoms with Gasteiger partial charge in [-0.3, -0.25) is 0 Å². The molecule has 0 saturated heterocycles. The number of aromatic nitrogens is 1. The van der Waals surface area contributed by atoms with Crippen molar-refractivity contribution < 1.29 is 5.11 Å². The van der Waals surface area contributed by atoms with Gasteiger partial charge in [-0.15, -0.1) is 0 Å². The second-order valence-electron chi connectivity index (χ2n) is 1.76. The van der Waals surface area contributed by atoms with Gasteiger partial charge in [0.2, 0.25) is 0 Å². The number of aliphatic hydroxyl groups is 1. The first-order chi connectivity index (χ1) is 4.72. The molecule has 0 aliphatic carbocycles. The standard InChI is InChI=1S/C6H5Cl2NO/c7-4-1-5(3-10)9-6(8)2-4/h1-2,10H,3H2. The van der Waals surface area contributed by atoms with Crippen LogP contribution in [0.3, 0.4) is 0 Å². The lowest BCUT2D eigenvalue weighted by Crippen LogP contribution is -1.88. The van der Waals surface area contributed by atoms with Gasteiger partial charge < -0.3 is 5.11 Å². The Kier molecular flexibility index (Phi) is 2.49. The summed E-state index contributed by atoms with van der Waals surface area (Å²) in [6, 6.07) is 3.08. The summed E-state index contributed by atoms with van der Waals surface area (Å²) in [6.45, 7) is -0.139. The van der Waals surface area contributed by atoms with Gasteiger partial charge in [0.15, 0.2) is 0 Å². The molecule has 0 atom stereocenters. The summed E-state index contributed by atoms with van der Waals surface area (Å²) >= 11 is 11.1. The molecular weight excluding hydrogens is 173 g/mol. The Labute approximate surface area is 68.4 Å². The number of hydrogen-bond acceptors (Lipinski definition) is 2. The van der Waals surface area contributed by atoms with Crippen LogP contribution in [0.5, 0.6) is 0 Å². The van der Waals surface area contributed by atoms with Crippen LogP contribution in [-0.2, 0) is 6.61 Å². The predicted octanol–water partition coefficient (Wildman–Crippen LogP) is 1.88. The Morgan fingerprint density at radius 1 is 1.40 bits per heavy atom. The van der Waals surface area contributed by atoms with Crippen molar-refractivity contribution in [1.82, 2.24) is 4.98 Å². The molecule has 0 amide bonds. The van der Waals surface area contributed by atoms with Crippen molar-refractivity contribution in [2.45, 2.75) is 6.61 Å². The minimum absolute atomic E-state index is 0.139. The summed E-state index contributed by atoms with van der Waals surface area (Å²) in [7, 11) is 0. The molecule has 10 heavy (non-hydrogen) atoms. The molecule has 0 aromatic carbocycles. The molecule has 54 valence electrons. The average molecular weight is 178 g/mol. The monoisotopic (exact) mass is 177 g/mol. The molecule has 0 spiro atoms. The predicted molar refractivity (Wildman–Crippen MR) is 40.2 cm³/mol. The molecule has 0 bridgehead atoms. The third-order valence-corrected chi connectivity index (χ3v) is 1.39. The summed E-state index contributed by atoms with van der Waals surface area (Å²) in [6.07, 6.45) is 0. The maximum Gasteiger partial charge on any atom is 0.130 e.